The van der Waals surface area contributed by atoms with Crippen molar-refractivity contribution in [1.29, 1.82) is 0 Å². The Hall–Kier alpha value is -0.860. The number of alkyl halides is 3. The highest BCUT2D eigenvalue weighted by Gasteiger charge is 2.35. The van der Waals surface area contributed by atoms with Crippen molar-refractivity contribution >= 4 is 29.7 Å². The van der Waals surface area contributed by atoms with E-state index in [0.29, 0.717) is 18.1 Å². The smallest absolute Gasteiger partial charge is 0.341 e. The molecule has 0 aliphatic carbocycles. The molecule has 2 N–H and O–H groups in total. The van der Waals surface area contributed by atoms with Gasteiger partial charge in [-0.1, -0.05) is 0 Å². The van der Waals surface area contributed by atoms with Crippen molar-refractivity contribution in [2.45, 2.75) is 37.9 Å². The Balaban J connectivity index is 0.00000220. The summed E-state index contributed by atoms with van der Waals surface area (Å²) in [6.07, 6.45) is -2.91. The summed E-state index contributed by atoms with van der Waals surface area (Å²) >= 11 is 1.00. The molecule has 0 saturated carbocycles. The number of nitrogens with zero attached hydrogens (tertiary/aromatic N) is 2. The zero-order chi connectivity index (χ0) is 14.9. The van der Waals surface area contributed by atoms with Gasteiger partial charge < -0.3 is 10.6 Å². The summed E-state index contributed by atoms with van der Waals surface area (Å²) in [4.78, 5) is 17.1. The van der Waals surface area contributed by atoms with Gasteiger partial charge in [0.05, 0.1) is 11.0 Å². The minimum atomic E-state index is -4.41. The third kappa shape index (κ3) is 4.31. The van der Waals surface area contributed by atoms with Crippen molar-refractivity contribution in [2.24, 2.45) is 5.73 Å². The van der Waals surface area contributed by atoms with Gasteiger partial charge in [-0.05, 0) is 19.8 Å². The molecule has 0 bridgehead atoms. The van der Waals surface area contributed by atoms with Crippen LogP contribution in [0.2, 0.25) is 0 Å². The van der Waals surface area contributed by atoms with Crippen molar-refractivity contribution in [3.63, 3.8) is 0 Å². The first-order valence-corrected chi connectivity index (χ1v) is 7.24. The lowest BCUT2D eigenvalue weighted by Gasteiger charge is -2.32. The van der Waals surface area contributed by atoms with Crippen molar-refractivity contribution < 1.29 is 18.0 Å². The van der Waals surface area contributed by atoms with Crippen molar-refractivity contribution in [3.05, 3.63) is 16.1 Å². The Morgan fingerprint density at radius 3 is 2.76 bits per heavy atom. The van der Waals surface area contributed by atoms with Gasteiger partial charge in [-0.2, -0.15) is 13.2 Å². The lowest BCUT2D eigenvalue weighted by atomic mass is 9.98. The van der Waals surface area contributed by atoms with Gasteiger partial charge in [-0.3, -0.25) is 4.79 Å². The molecule has 1 fully saturated rings. The molecular formula is C12H17ClF3N3OS. The zero-order valence-electron chi connectivity index (χ0n) is 11.4. The minimum absolute atomic E-state index is 0. The van der Waals surface area contributed by atoms with Crippen LogP contribution in [0.15, 0.2) is 5.38 Å². The van der Waals surface area contributed by atoms with E-state index in [-0.39, 0.29) is 24.2 Å². The van der Waals surface area contributed by atoms with Gasteiger partial charge in [-0.25, -0.2) is 4.98 Å². The fourth-order valence-electron chi connectivity index (χ4n) is 2.27. The molecule has 1 saturated heterocycles. The molecule has 0 radical (unpaired) electrons. The van der Waals surface area contributed by atoms with Crippen LogP contribution in [0.25, 0.3) is 0 Å². The molecule has 1 aromatic rings. The van der Waals surface area contributed by atoms with E-state index in [9.17, 15) is 18.0 Å². The highest BCUT2D eigenvalue weighted by molar-refractivity contribution is 7.09. The predicted molar refractivity (Wildman–Crippen MR) is 76.6 cm³/mol. The van der Waals surface area contributed by atoms with E-state index < -0.39 is 17.9 Å². The number of nitrogens with two attached hydrogens (primary N) is 1. The first-order valence-electron chi connectivity index (χ1n) is 6.36. The van der Waals surface area contributed by atoms with Crippen molar-refractivity contribution in [2.75, 3.05) is 13.1 Å². The molecule has 4 nitrogen and oxygen atoms in total. The van der Waals surface area contributed by atoms with Crippen LogP contribution in [0.3, 0.4) is 0 Å². The zero-order valence-corrected chi connectivity index (χ0v) is 13.0. The van der Waals surface area contributed by atoms with Crippen LogP contribution in [0.1, 0.15) is 36.4 Å². The van der Waals surface area contributed by atoms with Crippen molar-refractivity contribution in [1.82, 2.24) is 9.88 Å². The standard InChI is InChI=1S/C12H16F3N3OS.ClH/c1-7(16)11(19)18-4-2-3-8(5-18)10-17-9(6-20-10)12(13,14)15;/h6-8H,2-5,16H2,1H3;1H. The highest BCUT2D eigenvalue weighted by atomic mass is 35.5. The fraction of sp³-hybridized carbons (Fsp3) is 0.667. The maximum absolute atomic E-state index is 12.5. The third-order valence-corrected chi connectivity index (χ3v) is 4.29. The van der Waals surface area contributed by atoms with Crippen LogP contribution >= 0.6 is 23.7 Å². The van der Waals surface area contributed by atoms with Gasteiger partial charge in [0, 0.05) is 24.4 Å². The molecule has 2 rings (SSSR count). The average molecular weight is 344 g/mol. The second-order valence-corrected chi connectivity index (χ2v) is 5.87. The van der Waals surface area contributed by atoms with E-state index in [2.05, 4.69) is 4.98 Å². The summed E-state index contributed by atoms with van der Waals surface area (Å²) < 4.78 is 37.6. The van der Waals surface area contributed by atoms with Crippen LogP contribution in [-0.4, -0.2) is 34.9 Å². The van der Waals surface area contributed by atoms with E-state index in [1.165, 1.54) is 0 Å². The summed E-state index contributed by atoms with van der Waals surface area (Å²) in [5.41, 5.74) is 4.71. The number of aromatic nitrogens is 1. The number of hydrogen-bond donors (Lipinski definition) is 1. The number of halogens is 4. The van der Waals surface area contributed by atoms with Gasteiger partial charge in [0.2, 0.25) is 5.91 Å². The van der Waals surface area contributed by atoms with E-state index in [1.807, 2.05) is 0 Å². The number of carbonyl (C=O) groups excluding carboxylic acids is 1. The summed E-state index contributed by atoms with van der Waals surface area (Å²) in [6.45, 7) is 2.61. The average Bonchev–Trinajstić information content (AvgIpc) is 2.87. The number of carbonyl (C=O) groups is 1. The first kappa shape index (κ1) is 18.2. The van der Waals surface area contributed by atoms with Crippen LogP contribution < -0.4 is 5.73 Å². The molecule has 1 aliphatic heterocycles. The van der Waals surface area contributed by atoms with Gasteiger partial charge in [0.15, 0.2) is 5.69 Å². The molecule has 21 heavy (non-hydrogen) atoms. The Morgan fingerprint density at radius 2 is 2.24 bits per heavy atom. The van der Waals surface area contributed by atoms with Gasteiger partial charge >= 0.3 is 6.18 Å². The number of likely N-dealkylation sites (tertiary alicyclic amines) is 1. The predicted octanol–water partition coefficient (Wildman–Crippen LogP) is 2.64. The molecule has 2 atom stereocenters. The number of hydrogen-bond acceptors (Lipinski definition) is 4. The Bertz CT molecular complexity index is 492. The minimum Gasteiger partial charge on any atom is -0.341 e. The van der Waals surface area contributed by atoms with E-state index in [4.69, 9.17) is 5.73 Å². The molecule has 120 valence electrons. The van der Waals surface area contributed by atoms with Gasteiger partial charge in [0.1, 0.15) is 0 Å². The molecule has 0 aromatic carbocycles. The Morgan fingerprint density at radius 1 is 1.57 bits per heavy atom. The molecule has 1 aromatic heterocycles. The number of amides is 1. The topological polar surface area (TPSA) is 59.2 Å². The molecular weight excluding hydrogens is 327 g/mol. The largest absolute Gasteiger partial charge is 0.434 e. The molecule has 0 spiro atoms. The fourth-order valence-corrected chi connectivity index (χ4v) is 3.23. The summed E-state index contributed by atoms with van der Waals surface area (Å²) in [5.74, 6) is -0.296. The Kier molecular flexibility index (Phi) is 6.01. The van der Waals surface area contributed by atoms with Crippen LogP contribution in [0, 0.1) is 0 Å². The van der Waals surface area contributed by atoms with Crippen LogP contribution in [-0.2, 0) is 11.0 Å². The first-order chi connectivity index (χ1) is 9.29. The molecule has 1 aliphatic rings. The van der Waals surface area contributed by atoms with Crippen LogP contribution in [0.4, 0.5) is 13.2 Å². The quantitative estimate of drug-likeness (QED) is 0.898. The van der Waals surface area contributed by atoms with Crippen LogP contribution in [0.5, 0.6) is 0 Å². The lowest BCUT2D eigenvalue weighted by molar-refractivity contribution is -0.141. The maximum Gasteiger partial charge on any atom is 0.434 e. The van der Waals surface area contributed by atoms with E-state index >= 15 is 0 Å². The molecule has 9 heteroatoms. The molecule has 2 heterocycles. The van der Waals surface area contributed by atoms with Gasteiger partial charge in [0.25, 0.3) is 0 Å². The maximum atomic E-state index is 12.5. The SMILES string of the molecule is CC(N)C(=O)N1CCCC(c2nc(C(F)(F)F)cs2)C1.Cl. The number of piperidine rings is 1. The van der Waals surface area contributed by atoms with E-state index in [0.717, 1.165) is 29.6 Å². The Labute approximate surface area is 130 Å². The van der Waals surface area contributed by atoms with Crippen molar-refractivity contribution in [3.8, 4) is 0 Å². The lowest BCUT2D eigenvalue weighted by Crippen LogP contribution is -2.46. The summed E-state index contributed by atoms with van der Waals surface area (Å²) in [6, 6.07) is -0.587. The molecule has 2 unspecified atom stereocenters. The third-order valence-electron chi connectivity index (χ3n) is 3.28. The summed E-state index contributed by atoms with van der Waals surface area (Å²) in [5, 5.41) is 1.47. The highest BCUT2D eigenvalue weighted by Crippen LogP contribution is 2.34. The summed E-state index contributed by atoms with van der Waals surface area (Å²) in [7, 11) is 0. The number of thiazole rings is 1. The normalized spacial score (nSPS) is 20.8. The number of rotatable bonds is 2. The van der Waals surface area contributed by atoms with E-state index in [1.54, 1.807) is 11.8 Å². The monoisotopic (exact) mass is 343 g/mol. The van der Waals surface area contributed by atoms with Gasteiger partial charge in [-0.15, -0.1) is 23.7 Å². The second kappa shape index (κ2) is 6.93. The molecule has 1 amide bonds. The second-order valence-electron chi connectivity index (χ2n) is 4.98.